The normalized spacial score (nSPS) is 17.7. The summed E-state index contributed by atoms with van der Waals surface area (Å²) in [5, 5.41) is 2.11. The number of aromatic nitrogens is 3. The quantitative estimate of drug-likeness (QED) is 0.206. The summed E-state index contributed by atoms with van der Waals surface area (Å²) >= 11 is 0. The van der Waals surface area contributed by atoms with Gasteiger partial charge in [-0.3, -0.25) is 0 Å². The van der Waals surface area contributed by atoms with Crippen LogP contribution in [0, 0.1) is 19.3 Å². The lowest BCUT2D eigenvalue weighted by Gasteiger charge is -2.36. The maximum absolute atomic E-state index is 6.71. The van der Waals surface area contributed by atoms with Crippen LogP contribution < -0.4 is 15.4 Å². The van der Waals surface area contributed by atoms with Crippen LogP contribution in [-0.4, -0.2) is 17.5 Å². The molecule has 4 aromatic carbocycles. The van der Waals surface area contributed by atoms with Crippen LogP contribution in [0.25, 0.3) is 56.1 Å². The molecule has 1 saturated heterocycles. The van der Waals surface area contributed by atoms with E-state index in [4.69, 9.17) is 14.1 Å². The fourth-order valence-corrected chi connectivity index (χ4v) is 6.47. The Balaban J connectivity index is 1.44. The number of fused-ring (bicyclic) bond motifs is 3. The summed E-state index contributed by atoms with van der Waals surface area (Å²) in [6, 6.07) is 29.6. The highest BCUT2D eigenvalue weighted by Gasteiger charge is 2.55. The molecule has 7 rings (SSSR count). The molecule has 43 heavy (non-hydrogen) atoms. The molecule has 0 unspecified atom stereocenters. The number of benzene rings is 4. The van der Waals surface area contributed by atoms with Crippen molar-refractivity contribution in [3.63, 3.8) is 0 Å². The molecular formula is C37H38BN3O2+2. The van der Waals surface area contributed by atoms with Crippen LogP contribution in [0.2, 0.25) is 5.82 Å². The SMILES string of the molecule is Cc1ccc(-c2[nH+]c(-c3ccccc3C)nc(-c3cccc4oc5ccc(B6OC(C)(C)C(C)(C)[C@H]6C)cc5c34)[nH+]2)cc1. The van der Waals surface area contributed by atoms with E-state index in [-0.39, 0.29) is 17.9 Å². The van der Waals surface area contributed by atoms with Crippen LogP contribution in [0.15, 0.2) is 89.3 Å². The van der Waals surface area contributed by atoms with Gasteiger partial charge in [0.2, 0.25) is 0 Å². The van der Waals surface area contributed by atoms with Gasteiger partial charge in [-0.05, 0) is 86.4 Å². The van der Waals surface area contributed by atoms with Crippen molar-refractivity contribution < 1.29 is 19.0 Å². The highest BCUT2D eigenvalue weighted by Crippen LogP contribution is 2.52. The predicted octanol–water partition coefficient (Wildman–Crippen LogP) is 7.65. The van der Waals surface area contributed by atoms with Crippen molar-refractivity contribution in [3.8, 4) is 34.2 Å². The van der Waals surface area contributed by atoms with Crippen LogP contribution >= 0.6 is 0 Å². The summed E-state index contributed by atoms with van der Waals surface area (Å²) < 4.78 is 13.1. The largest absolute Gasteiger partial charge is 0.456 e. The Hall–Kier alpha value is -4.29. The summed E-state index contributed by atoms with van der Waals surface area (Å²) in [7, 11) is 0. The lowest BCUT2D eigenvalue weighted by Crippen LogP contribution is -2.36. The van der Waals surface area contributed by atoms with E-state index in [1.54, 1.807) is 0 Å². The third kappa shape index (κ3) is 4.47. The molecule has 0 saturated carbocycles. The molecule has 6 aromatic rings. The van der Waals surface area contributed by atoms with Crippen molar-refractivity contribution >= 4 is 34.3 Å². The molecule has 0 spiro atoms. The molecular weight excluding hydrogens is 529 g/mol. The third-order valence-corrected chi connectivity index (χ3v) is 10.1. The summed E-state index contributed by atoms with van der Waals surface area (Å²) in [6.07, 6.45) is 0. The van der Waals surface area contributed by atoms with Crippen LogP contribution in [0.4, 0.5) is 0 Å². The van der Waals surface area contributed by atoms with Crippen molar-refractivity contribution in [2.24, 2.45) is 5.41 Å². The topological polar surface area (TPSA) is 63.5 Å². The highest BCUT2D eigenvalue weighted by molar-refractivity contribution is 6.70. The zero-order chi connectivity index (χ0) is 30.1. The number of aromatic amines is 2. The van der Waals surface area contributed by atoms with Gasteiger partial charge in [0.05, 0.1) is 27.3 Å². The molecule has 3 heterocycles. The molecule has 5 nitrogen and oxygen atoms in total. The lowest BCUT2D eigenvalue weighted by molar-refractivity contribution is -0.501. The molecule has 1 fully saturated rings. The molecule has 1 aliphatic rings. The first-order valence-electron chi connectivity index (χ1n) is 15.2. The van der Waals surface area contributed by atoms with E-state index >= 15 is 0 Å². The first kappa shape index (κ1) is 27.5. The average Bonchev–Trinajstić information content (AvgIpc) is 3.45. The Labute approximate surface area is 253 Å². The molecule has 0 radical (unpaired) electrons. The van der Waals surface area contributed by atoms with E-state index in [2.05, 4.69) is 131 Å². The number of rotatable bonds is 4. The lowest BCUT2D eigenvalue weighted by atomic mass is 9.46. The number of furan rings is 1. The molecule has 1 atom stereocenters. The smallest absolute Gasteiger partial charge is 0.401 e. The van der Waals surface area contributed by atoms with E-state index in [0.29, 0.717) is 5.82 Å². The van der Waals surface area contributed by atoms with Crippen molar-refractivity contribution in [1.82, 2.24) is 4.98 Å². The molecule has 0 amide bonds. The van der Waals surface area contributed by atoms with Gasteiger partial charge in [-0.15, -0.1) is 0 Å². The number of hydrogen-bond acceptors (Lipinski definition) is 3. The second-order valence-electron chi connectivity index (χ2n) is 13.2. The summed E-state index contributed by atoms with van der Waals surface area (Å²) in [5.41, 5.74) is 8.17. The van der Waals surface area contributed by atoms with E-state index in [9.17, 15) is 0 Å². The molecule has 0 bridgehead atoms. The van der Waals surface area contributed by atoms with Gasteiger partial charge in [0, 0.05) is 10.8 Å². The first-order chi connectivity index (χ1) is 20.5. The van der Waals surface area contributed by atoms with Crippen molar-refractivity contribution in [2.45, 2.75) is 59.9 Å². The van der Waals surface area contributed by atoms with Crippen LogP contribution in [0.3, 0.4) is 0 Å². The predicted molar refractivity (Wildman–Crippen MR) is 174 cm³/mol. The van der Waals surface area contributed by atoms with Crippen LogP contribution in [0.5, 0.6) is 0 Å². The van der Waals surface area contributed by atoms with E-state index in [0.717, 1.165) is 61.7 Å². The van der Waals surface area contributed by atoms with E-state index in [1.165, 1.54) is 11.0 Å². The zero-order valence-electron chi connectivity index (χ0n) is 26.0. The monoisotopic (exact) mass is 567 g/mol. The minimum absolute atomic E-state index is 0.00308. The van der Waals surface area contributed by atoms with E-state index < -0.39 is 0 Å². The number of aryl methyl sites for hydroxylation is 2. The van der Waals surface area contributed by atoms with Crippen molar-refractivity contribution in [1.29, 1.82) is 0 Å². The first-order valence-corrected chi connectivity index (χ1v) is 15.2. The van der Waals surface area contributed by atoms with Crippen molar-refractivity contribution in [2.75, 3.05) is 0 Å². The second-order valence-corrected chi connectivity index (χ2v) is 13.2. The molecule has 0 aliphatic carbocycles. The molecule has 2 aromatic heterocycles. The second kappa shape index (κ2) is 9.89. The van der Waals surface area contributed by atoms with Gasteiger partial charge in [-0.25, -0.2) is 0 Å². The number of nitrogens with one attached hydrogen (secondary N) is 2. The Morgan fingerprint density at radius 1 is 0.767 bits per heavy atom. The van der Waals surface area contributed by atoms with Crippen molar-refractivity contribution in [3.05, 3.63) is 96.1 Å². The standard InChI is InChI=1S/C37H36BN3O2/c1-22-15-17-25(18-16-22)33-39-34(27-12-9-8-11-23(27)2)41-35(40-33)28-13-10-14-31-32(28)29-21-26(19-20-30(29)42-31)38-24(3)36(4,5)37(6,7)43-38/h8-21,24H,1-7H3/p+2/t24-/m1/s1. The summed E-state index contributed by atoms with van der Waals surface area (Å²) in [4.78, 5) is 12.4. The number of H-pyrrole nitrogens is 2. The fourth-order valence-electron chi connectivity index (χ4n) is 6.47. The summed E-state index contributed by atoms with van der Waals surface area (Å²) in [5.74, 6) is 2.84. The Bertz CT molecular complexity index is 2010. The van der Waals surface area contributed by atoms with E-state index in [1.807, 2.05) is 12.1 Å². The average molecular weight is 568 g/mol. The van der Waals surface area contributed by atoms with Gasteiger partial charge >= 0.3 is 24.4 Å². The minimum Gasteiger partial charge on any atom is -0.456 e. The van der Waals surface area contributed by atoms with Gasteiger partial charge in [0.15, 0.2) is 0 Å². The Morgan fingerprint density at radius 3 is 2.16 bits per heavy atom. The van der Waals surface area contributed by atoms with Crippen LogP contribution in [0.1, 0.15) is 45.7 Å². The van der Waals surface area contributed by atoms with Crippen LogP contribution in [-0.2, 0) is 4.65 Å². The molecule has 2 N–H and O–H groups in total. The maximum atomic E-state index is 6.71. The molecule has 1 aliphatic heterocycles. The minimum atomic E-state index is -0.229. The van der Waals surface area contributed by atoms with Gasteiger partial charge < -0.3 is 9.07 Å². The van der Waals surface area contributed by atoms with Gasteiger partial charge in [-0.2, -0.15) is 9.97 Å². The third-order valence-electron chi connectivity index (χ3n) is 10.1. The highest BCUT2D eigenvalue weighted by atomic mass is 16.5. The maximum Gasteiger partial charge on any atom is 0.401 e. The number of nitrogens with zero attached hydrogens (tertiary/aromatic N) is 1. The molecule has 214 valence electrons. The fraction of sp³-hybridized carbons (Fsp3) is 0.270. The Morgan fingerprint density at radius 2 is 1.47 bits per heavy atom. The summed E-state index contributed by atoms with van der Waals surface area (Å²) in [6.45, 7) is 15.6. The van der Waals surface area contributed by atoms with Gasteiger partial charge in [0.25, 0.3) is 0 Å². The van der Waals surface area contributed by atoms with Gasteiger partial charge in [-0.1, -0.05) is 74.9 Å². The zero-order valence-corrected chi connectivity index (χ0v) is 26.0. The Kier molecular flexibility index (Phi) is 6.33. The van der Waals surface area contributed by atoms with Gasteiger partial charge in [0.1, 0.15) is 11.2 Å². The number of hydrogen-bond donors (Lipinski definition) is 0. The molecule has 6 heteroatoms.